The summed E-state index contributed by atoms with van der Waals surface area (Å²) in [6, 6.07) is 2.20. The summed E-state index contributed by atoms with van der Waals surface area (Å²) in [7, 11) is 0. The van der Waals surface area contributed by atoms with Crippen LogP contribution < -0.4 is 0 Å². The Labute approximate surface area is 110 Å². The van der Waals surface area contributed by atoms with Crippen molar-refractivity contribution in [1.82, 2.24) is 24.9 Å². The molecule has 5 nitrogen and oxygen atoms in total. The normalized spacial score (nSPS) is 11.8. The van der Waals surface area contributed by atoms with Crippen LogP contribution >= 0.6 is 0 Å². The number of hydrogen-bond donors (Lipinski definition) is 0. The molecule has 0 saturated heterocycles. The van der Waals surface area contributed by atoms with E-state index < -0.39 is 11.9 Å². The Morgan fingerprint density at radius 2 is 1.65 bits per heavy atom. The average molecular weight is 277 g/mol. The van der Waals surface area contributed by atoms with E-state index in [9.17, 15) is 13.2 Å². The molecule has 20 heavy (non-hydrogen) atoms. The monoisotopic (exact) mass is 277 g/mol. The van der Waals surface area contributed by atoms with E-state index in [0.29, 0.717) is 22.4 Å². The van der Waals surface area contributed by atoms with Crippen molar-refractivity contribution in [2.24, 2.45) is 0 Å². The van der Waals surface area contributed by atoms with E-state index in [0.717, 1.165) is 12.3 Å². The van der Waals surface area contributed by atoms with Crippen molar-refractivity contribution < 1.29 is 13.2 Å². The molecule has 0 atom stereocenters. The largest absolute Gasteiger partial charge is 0.433 e. The van der Waals surface area contributed by atoms with Gasteiger partial charge in [-0.3, -0.25) is 4.98 Å². The van der Waals surface area contributed by atoms with Crippen LogP contribution in [0.4, 0.5) is 13.2 Å². The molecule has 3 rings (SSSR count). The fourth-order valence-corrected chi connectivity index (χ4v) is 1.71. The summed E-state index contributed by atoms with van der Waals surface area (Å²) in [5, 5.41) is 0. The van der Waals surface area contributed by atoms with Gasteiger partial charge < -0.3 is 0 Å². The number of alkyl halides is 3. The molecule has 0 aromatic carbocycles. The van der Waals surface area contributed by atoms with Gasteiger partial charge in [0.1, 0.15) is 23.2 Å². The van der Waals surface area contributed by atoms with Gasteiger partial charge in [-0.1, -0.05) is 0 Å². The quantitative estimate of drug-likeness (QED) is 0.683. The van der Waals surface area contributed by atoms with Gasteiger partial charge in [-0.15, -0.1) is 0 Å². The van der Waals surface area contributed by atoms with Crippen LogP contribution in [0.25, 0.3) is 22.4 Å². The molecule has 3 aromatic heterocycles. The van der Waals surface area contributed by atoms with Gasteiger partial charge in [0.05, 0.1) is 0 Å². The number of aromatic nitrogens is 5. The summed E-state index contributed by atoms with van der Waals surface area (Å²) < 4.78 is 37.4. The number of hydrogen-bond acceptors (Lipinski definition) is 5. The van der Waals surface area contributed by atoms with E-state index in [4.69, 9.17) is 0 Å². The lowest BCUT2D eigenvalue weighted by Crippen LogP contribution is -2.07. The number of pyridine rings is 1. The molecule has 0 saturated carbocycles. The van der Waals surface area contributed by atoms with Gasteiger partial charge in [0.25, 0.3) is 0 Å². The lowest BCUT2D eigenvalue weighted by atomic mass is 10.1. The summed E-state index contributed by atoms with van der Waals surface area (Å²) in [5.41, 5.74) is 0.648. The predicted octanol–water partition coefficient (Wildman–Crippen LogP) is 2.50. The minimum absolute atomic E-state index is 0.373. The Bertz CT molecular complexity index is 750. The number of nitrogens with zero attached hydrogens (tertiary/aromatic N) is 5. The van der Waals surface area contributed by atoms with Crippen LogP contribution in [0.5, 0.6) is 0 Å². The zero-order valence-corrected chi connectivity index (χ0v) is 9.83. The van der Waals surface area contributed by atoms with Crippen molar-refractivity contribution in [2.45, 2.75) is 6.18 Å². The van der Waals surface area contributed by atoms with E-state index >= 15 is 0 Å². The molecule has 0 aliphatic rings. The van der Waals surface area contributed by atoms with Gasteiger partial charge in [0.2, 0.25) is 0 Å². The first-order valence-electron chi connectivity index (χ1n) is 5.51. The van der Waals surface area contributed by atoms with Crippen molar-refractivity contribution in [3.8, 4) is 11.3 Å². The number of halogens is 3. The molecule has 0 aliphatic heterocycles. The predicted molar refractivity (Wildman–Crippen MR) is 63.4 cm³/mol. The zero-order chi connectivity index (χ0) is 14.2. The number of rotatable bonds is 1. The maximum absolute atomic E-state index is 12.5. The van der Waals surface area contributed by atoms with Crippen LogP contribution in [-0.2, 0) is 6.18 Å². The SMILES string of the molecule is FC(F)(F)c1ccc(-c2ncnc3nccnc23)cn1. The van der Waals surface area contributed by atoms with E-state index in [1.165, 1.54) is 24.8 Å². The van der Waals surface area contributed by atoms with Crippen LogP contribution in [0.1, 0.15) is 5.69 Å². The summed E-state index contributed by atoms with van der Waals surface area (Å²) in [5.74, 6) is 0. The van der Waals surface area contributed by atoms with Gasteiger partial charge in [0.15, 0.2) is 5.65 Å². The van der Waals surface area contributed by atoms with E-state index in [-0.39, 0.29) is 0 Å². The molecule has 0 radical (unpaired) electrons. The highest BCUT2D eigenvalue weighted by Crippen LogP contribution is 2.29. The Kier molecular flexibility index (Phi) is 2.78. The Morgan fingerprint density at radius 1 is 0.850 bits per heavy atom. The maximum atomic E-state index is 12.5. The summed E-state index contributed by atoms with van der Waals surface area (Å²) in [6.45, 7) is 0. The standard InChI is InChI=1S/C12H6F3N5/c13-12(14,15)8-2-1-7(5-18-8)9-10-11(20-6-19-9)17-4-3-16-10/h1-6H. The van der Waals surface area contributed by atoms with E-state index in [1.54, 1.807) is 0 Å². The lowest BCUT2D eigenvalue weighted by Gasteiger charge is -2.07. The van der Waals surface area contributed by atoms with Gasteiger partial charge in [-0.05, 0) is 12.1 Å². The average Bonchev–Trinajstić information content (AvgIpc) is 2.46. The summed E-state index contributed by atoms with van der Waals surface area (Å²) >= 11 is 0. The van der Waals surface area contributed by atoms with E-state index in [1.807, 2.05) is 0 Å². The molecule has 0 aliphatic carbocycles. The zero-order valence-electron chi connectivity index (χ0n) is 9.83. The third kappa shape index (κ3) is 2.15. The van der Waals surface area contributed by atoms with Crippen molar-refractivity contribution in [2.75, 3.05) is 0 Å². The minimum atomic E-state index is -4.47. The second kappa shape index (κ2) is 4.48. The molecule has 3 heterocycles. The minimum Gasteiger partial charge on any atom is -0.251 e. The van der Waals surface area contributed by atoms with Crippen molar-refractivity contribution >= 4 is 11.2 Å². The smallest absolute Gasteiger partial charge is 0.251 e. The second-order valence-electron chi connectivity index (χ2n) is 3.88. The fourth-order valence-electron chi connectivity index (χ4n) is 1.71. The first-order chi connectivity index (χ1) is 9.55. The fraction of sp³-hybridized carbons (Fsp3) is 0.0833. The molecule has 100 valence electrons. The van der Waals surface area contributed by atoms with Gasteiger partial charge >= 0.3 is 6.18 Å². The van der Waals surface area contributed by atoms with Crippen LogP contribution in [0.15, 0.2) is 37.1 Å². The first kappa shape index (κ1) is 12.4. The van der Waals surface area contributed by atoms with E-state index in [2.05, 4.69) is 24.9 Å². The highest BCUT2D eigenvalue weighted by atomic mass is 19.4. The van der Waals surface area contributed by atoms with Crippen LogP contribution in [-0.4, -0.2) is 24.9 Å². The molecular weight excluding hydrogens is 271 g/mol. The van der Waals surface area contributed by atoms with Gasteiger partial charge in [-0.2, -0.15) is 13.2 Å². The van der Waals surface area contributed by atoms with Gasteiger partial charge in [0, 0.05) is 24.2 Å². The topological polar surface area (TPSA) is 64.5 Å². The lowest BCUT2D eigenvalue weighted by molar-refractivity contribution is -0.141. The van der Waals surface area contributed by atoms with Crippen LogP contribution in [0, 0.1) is 0 Å². The molecular formula is C12H6F3N5. The molecule has 0 fully saturated rings. The second-order valence-corrected chi connectivity index (χ2v) is 3.88. The Balaban J connectivity index is 2.12. The molecule has 0 spiro atoms. The molecule has 0 unspecified atom stereocenters. The molecule has 0 amide bonds. The summed E-state index contributed by atoms with van der Waals surface area (Å²) in [4.78, 5) is 19.5. The third-order valence-electron chi connectivity index (χ3n) is 2.60. The molecule has 0 bridgehead atoms. The molecule has 3 aromatic rings. The van der Waals surface area contributed by atoms with Crippen LogP contribution in [0.2, 0.25) is 0 Å². The Hall–Kier alpha value is -2.64. The maximum Gasteiger partial charge on any atom is 0.433 e. The molecule has 0 N–H and O–H groups in total. The van der Waals surface area contributed by atoms with Crippen molar-refractivity contribution in [1.29, 1.82) is 0 Å². The highest BCUT2D eigenvalue weighted by molar-refractivity contribution is 5.85. The first-order valence-corrected chi connectivity index (χ1v) is 5.51. The van der Waals surface area contributed by atoms with Crippen molar-refractivity contribution in [3.63, 3.8) is 0 Å². The molecule has 8 heteroatoms. The number of fused-ring (bicyclic) bond motifs is 1. The Morgan fingerprint density at radius 3 is 2.35 bits per heavy atom. The third-order valence-corrected chi connectivity index (χ3v) is 2.60. The van der Waals surface area contributed by atoms with Crippen molar-refractivity contribution in [3.05, 3.63) is 42.7 Å². The summed E-state index contributed by atoms with van der Waals surface area (Å²) in [6.07, 6.45) is 0.867. The highest BCUT2D eigenvalue weighted by Gasteiger charge is 2.32. The van der Waals surface area contributed by atoms with Crippen LogP contribution in [0.3, 0.4) is 0 Å². The van der Waals surface area contributed by atoms with Gasteiger partial charge in [-0.25, -0.2) is 19.9 Å².